The molecule has 2 saturated heterocycles. The summed E-state index contributed by atoms with van der Waals surface area (Å²) >= 11 is 0. The van der Waals surface area contributed by atoms with Gasteiger partial charge < -0.3 is 14.5 Å². The zero-order valence-electron chi connectivity index (χ0n) is 12.6. The van der Waals surface area contributed by atoms with E-state index in [0.717, 1.165) is 0 Å². The van der Waals surface area contributed by atoms with Gasteiger partial charge in [0.05, 0.1) is 12.2 Å². The van der Waals surface area contributed by atoms with Crippen molar-refractivity contribution in [3.8, 4) is 0 Å². The van der Waals surface area contributed by atoms with Crippen LogP contribution in [0.1, 0.15) is 39.5 Å². The zero-order valence-corrected chi connectivity index (χ0v) is 12.6. The molecule has 0 aromatic rings. The van der Waals surface area contributed by atoms with Crippen molar-refractivity contribution in [3.05, 3.63) is 0 Å². The number of likely N-dealkylation sites (tertiary alicyclic amines) is 1. The Bertz CT molecular complexity index is 257. The molecular formula is C15H30N2O. The lowest BCUT2D eigenvalue weighted by atomic mass is 9.75. The van der Waals surface area contributed by atoms with Crippen LogP contribution in [0.15, 0.2) is 0 Å². The number of nitrogens with zero attached hydrogens (tertiary/aromatic N) is 2. The van der Waals surface area contributed by atoms with Crippen LogP contribution in [0.3, 0.4) is 0 Å². The lowest BCUT2D eigenvalue weighted by Crippen LogP contribution is -2.40. The van der Waals surface area contributed by atoms with Crippen molar-refractivity contribution >= 4 is 0 Å². The Kier molecular flexibility index (Phi) is 4.68. The summed E-state index contributed by atoms with van der Waals surface area (Å²) in [6.07, 6.45) is 6.12. The molecule has 2 aliphatic rings. The third-order valence-electron chi connectivity index (χ3n) is 4.50. The first-order valence-electron chi connectivity index (χ1n) is 7.52. The van der Waals surface area contributed by atoms with Gasteiger partial charge in [-0.2, -0.15) is 0 Å². The average Bonchev–Trinajstić information content (AvgIpc) is 2.58. The van der Waals surface area contributed by atoms with Crippen molar-refractivity contribution in [2.45, 2.75) is 51.7 Å². The Hall–Kier alpha value is -0.120. The molecule has 0 aromatic carbocycles. The molecule has 0 N–H and O–H groups in total. The monoisotopic (exact) mass is 254 g/mol. The average molecular weight is 254 g/mol. The molecule has 2 aliphatic heterocycles. The first kappa shape index (κ1) is 14.3. The van der Waals surface area contributed by atoms with Gasteiger partial charge in [-0.1, -0.05) is 0 Å². The lowest BCUT2D eigenvalue weighted by molar-refractivity contribution is -0.0836. The van der Waals surface area contributed by atoms with Crippen molar-refractivity contribution < 1.29 is 4.74 Å². The van der Waals surface area contributed by atoms with E-state index in [0.29, 0.717) is 17.6 Å². The molecule has 0 bridgehead atoms. The van der Waals surface area contributed by atoms with Crippen LogP contribution in [-0.4, -0.2) is 62.3 Å². The van der Waals surface area contributed by atoms with Crippen LogP contribution in [0.25, 0.3) is 0 Å². The molecule has 0 saturated carbocycles. The molecule has 3 nitrogen and oxygen atoms in total. The summed E-state index contributed by atoms with van der Waals surface area (Å²) in [5, 5.41) is 0. The summed E-state index contributed by atoms with van der Waals surface area (Å²) in [4.78, 5) is 4.96. The molecular weight excluding hydrogens is 224 g/mol. The zero-order chi connectivity index (χ0) is 13.2. The van der Waals surface area contributed by atoms with Crippen LogP contribution in [-0.2, 0) is 4.74 Å². The SMILES string of the molecule is C[C@@H]1CC2(CCN(CCCN(C)C)C2)C[C@@H](C)O1. The Morgan fingerprint density at radius 3 is 2.50 bits per heavy atom. The highest BCUT2D eigenvalue weighted by Gasteiger charge is 2.43. The summed E-state index contributed by atoms with van der Waals surface area (Å²) in [6.45, 7) is 9.56. The van der Waals surface area contributed by atoms with Crippen molar-refractivity contribution in [3.63, 3.8) is 0 Å². The summed E-state index contributed by atoms with van der Waals surface area (Å²) in [5.41, 5.74) is 0.565. The highest BCUT2D eigenvalue weighted by molar-refractivity contribution is 4.94. The topological polar surface area (TPSA) is 15.7 Å². The maximum Gasteiger partial charge on any atom is 0.0556 e. The summed E-state index contributed by atoms with van der Waals surface area (Å²) in [7, 11) is 4.32. The van der Waals surface area contributed by atoms with Crippen molar-refractivity contribution in [2.24, 2.45) is 5.41 Å². The first-order valence-corrected chi connectivity index (χ1v) is 7.52. The molecule has 0 radical (unpaired) electrons. The Morgan fingerprint density at radius 2 is 1.89 bits per heavy atom. The van der Waals surface area contributed by atoms with Crippen molar-refractivity contribution in [1.29, 1.82) is 0 Å². The van der Waals surface area contributed by atoms with Crippen molar-refractivity contribution in [2.75, 3.05) is 40.3 Å². The van der Waals surface area contributed by atoms with Gasteiger partial charge in [0.25, 0.3) is 0 Å². The summed E-state index contributed by atoms with van der Waals surface area (Å²) in [6, 6.07) is 0. The molecule has 106 valence electrons. The molecule has 1 spiro atoms. The van der Waals surface area contributed by atoms with Gasteiger partial charge in [0.1, 0.15) is 0 Å². The summed E-state index contributed by atoms with van der Waals surface area (Å²) in [5.74, 6) is 0. The maximum absolute atomic E-state index is 5.90. The van der Waals surface area contributed by atoms with Crippen LogP contribution >= 0.6 is 0 Å². The molecule has 2 atom stereocenters. The van der Waals surface area contributed by atoms with Gasteiger partial charge >= 0.3 is 0 Å². The minimum atomic E-state index is 0.454. The van der Waals surface area contributed by atoms with Gasteiger partial charge in [0.15, 0.2) is 0 Å². The molecule has 3 heteroatoms. The quantitative estimate of drug-likeness (QED) is 0.765. The van der Waals surface area contributed by atoms with Gasteiger partial charge in [-0.05, 0) is 78.7 Å². The second kappa shape index (κ2) is 5.89. The first-order chi connectivity index (χ1) is 8.49. The Balaban J connectivity index is 1.79. The van der Waals surface area contributed by atoms with Crippen molar-refractivity contribution in [1.82, 2.24) is 9.80 Å². The third kappa shape index (κ3) is 3.69. The van der Waals surface area contributed by atoms with E-state index in [1.165, 1.54) is 51.9 Å². The molecule has 2 fully saturated rings. The predicted molar refractivity (Wildman–Crippen MR) is 75.9 cm³/mol. The fourth-order valence-electron chi connectivity index (χ4n) is 3.96. The van der Waals surface area contributed by atoms with Gasteiger partial charge in [-0.25, -0.2) is 0 Å². The van der Waals surface area contributed by atoms with Gasteiger partial charge in [-0.3, -0.25) is 0 Å². The molecule has 18 heavy (non-hydrogen) atoms. The van der Waals surface area contributed by atoms with E-state index in [4.69, 9.17) is 4.74 Å². The van der Waals surface area contributed by atoms with Gasteiger partial charge in [0, 0.05) is 6.54 Å². The van der Waals surface area contributed by atoms with Crippen LogP contribution in [0.2, 0.25) is 0 Å². The summed E-state index contributed by atoms with van der Waals surface area (Å²) < 4.78 is 5.90. The number of hydrogen-bond donors (Lipinski definition) is 0. The highest BCUT2D eigenvalue weighted by atomic mass is 16.5. The van der Waals surface area contributed by atoms with Crippen LogP contribution in [0.5, 0.6) is 0 Å². The standard InChI is InChI=1S/C15H30N2O/c1-13-10-15(11-14(2)18-13)6-9-17(12-15)8-5-7-16(3)4/h13-14H,5-12H2,1-4H3/t13-,14-/m1/s1. The normalized spacial score (nSPS) is 37.8. The lowest BCUT2D eigenvalue weighted by Gasteiger charge is -2.40. The van der Waals surface area contributed by atoms with E-state index in [1.54, 1.807) is 0 Å². The third-order valence-corrected chi connectivity index (χ3v) is 4.50. The van der Waals surface area contributed by atoms with Gasteiger partial charge in [0.2, 0.25) is 0 Å². The van der Waals surface area contributed by atoms with Crippen LogP contribution in [0, 0.1) is 5.41 Å². The van der Waals surface area contributed by atoms with Crippen LogP contribution in [0.4, 0.5) is 0 Å². The largest absolute Gasteiger partial charge is 0.376 e. The number of rotatable bonds is 4. The minimum absolute atomic E-state index is 0.454. The van der Waals surface area contributed by atoms with Gasteiger partial charge in [-0.15, -0.1) is 0 Å². The van der Waals surface area contributed by atoms with E-state index in [1.807, 2.05) is 0 Å². The second-order valence-corrected chi connectivity index (χ2v) is 6.85. The predicted octanol–water partition coefficient (Wildman–Crippen LogP) is 2.22. The molecule has 0 amide bonds. The highest BCUT2D eigenvalue weighted by Crippen LogP contribution is 2.43. The number of ether oxygens (including phenoxy) is 1. The van der Waals surface area contributed by atoms with Crippen LogP contribution < -0.4 is 0 Å². The Labute approximate surface area is 112 Å². The molecule has 0 aliphatic carbocycles. The van der Waals surface area contributed by atoms with E-state index in [2.05, 4.69) is 37.7 Å². The van der Waals surface area contributed by atoms with E-state index in [-0.39, 0.29) is 0 Å². The molecule has 0 aromatic heterocycles. The fourth-order valence-corrected chi connectivity index (χ4v) is 3.96. The fraction of sp³-hybridized carbons (Fsp3) is 1.00. The molecule has 2 heterocycles. The molecule has 2 rings (SSSR count). The maximum atomic E-state index is 5.90. The van der Waals surface area contributed by atoms with E-state index < -0.39 is 0 Å². The smallest absolute Gasteiger partial charge is 0.0556 e. The molecule has 0 unspecified atom stereocenters. The Morgan fingerprint density at radius 1 is 1.22 bits per heavy atom. The number of hydrogen-bond acceptors (Lipinski definition) is 3. The second-order valence-electron chi connectivity index (χ2n) is 6.85. The van der Waals surface area contributed by atoms with E-state index >= 15 is 0 Å². The minimum Gasteiger partial charge on any atom is -0.376 e. The van der Waals surface area contributed by atoms with E-state index in [9.17, 15) is 0 Å².